The average molecular weight is 296 g/mol. The molecule has 108 valence electrons. The topological polar surface area (TPSA) is 9.23 Å². The summed E-state index contributed by atoms with van der Waals surface area (Å²) in [5, 5.41) is 0.525. The molecule has 0 aliphatic rings. The van der Waals surface area contributed by atoms with Crippen molar-refractivity contribution in [3.63, 3.8) is 0 Å². The number of ether oxygens (including phenoxy) is 1. The molecule has 0 aromatic heterocycles. The van der Waals surface area contributed by atoms with Crippen LogP contribution in [0.3, 0.4) is 0 Å². The van der Waals surface area contributed by atoms with Gasteiger partial charge in [-0.2, -0.15) is 0 Å². The molecule has 1 nitrogen and oxygen atoms in total. The third-order valence-electron chi connectivity index (χ3n) is 2.88. The van der Waals surface area contributed by atoms with E-state index in [4.69, 9.17) is 4.74 Å². The van der Waals surface area contributed by atoms with E-state index in [1.54, 1.807) is 7.11 Å². The fourth-order valence-corrected chi connectivity index (χ4v) is 2.73. The van der Waals surface area contributed by atoms with Crippen LogP contribution < -0.4 is 4.74 Å². The lowest BCUT2D eigenvalue weighted by atomic mass is 10.2. The second-order valence-electron chi connectivity index (χ2n) is 4.92. The number of benzene rings is 2. The molecular weight excluding hydrogens is 276 g/mol. The first-order valence-corrected chi connectivity index (χ1v) is 7.90. The van der Waals surface area contributed by atoms with Crippen molar-refractivity contribution >= 4 is 22.7 Å². The van der Waals surface area contributed by atoms with Crippen molar-refractivity contribution in [2.45, 2.75) is 19.1 Å². The van der Waals surface area contributed by atoms with Gasteiger partial charge in [-0.15, -0.1) is 17.5 Å². The van der Waals surface area contributed by atoms with E-state index in [1.807, 2.05) is 48.2 Å². The van der Waals surface area contributed by atoms with Gasteiger partial charge >= 0.3 is 0 Å². The first-order valence-electron chi connectivity index (χ1n) is 7.02. The molecule has 0 amide bonds. The van der Waals surface area contributed by atoms with Crippen molar-refractivity contribution in [1.82, 2.24) is 0 Å². The van der Waals surface area contributed by atoms with Crippen LogP contribution in [-0.2, 0) is 0 Å². The zero-order valence-corrected chi connectivity index (χ0v) is 13.5. The fourth-order valence-electron chi connectivity index (χ4n) is 1.86. The van der Waals surface area contributed by atoms with Gasteiger partial charge in [0, 0.05) is 5.25 Å². The molecule has 2 aromatic rings. The smallest absolute Gasteiger partial charge is 0.118 e. The monoisotopic (exact) mass is 296 g/mol. The molecule has 0 fully saturated rings. The SMILES string of the molecule is COc1ccc(C=C=C(SC(C)C)c2ccccc2)cc1. The second-order valence-corrected chi connectivity index (χ2v) is 6.51. The normalized spacial score (nSPS) is 10.1. The highest BCUT2D eigenvalue weighted by atomic mass is 32.2. The maximum absolute atomic E-state index is 5.17. The standard InChI is InChI=1S/C19H20OS/c1-15(2)21-19(17-7-5-4-6-8-17)14-11-16-9-12-18(20-3)13-10-16/h4-13,15H,1-3H3. The second kappa shape index (κ2) is 7.78. The van der Waals surface area contributed by atoms with Crippen LogP contribution in [0.5, 0.6) is 5.75 Å². The van der Waals surface area contributed by atoms with Gasteiger partial charge in [-0.1, -0.05) is 56.3 Å². The van der Waals surface area contributed by atoms with Crippen molar-refractivity contribution in [1.29, 1.82) is 0 Å². The van der Waals surface area contributed by atoms with Gasteiger partial charge in [0.2, 0.25) is 0 Å². The molecule has 0 atom stereocenters. The highest BCUT2D eigenvalue weighted by Gasteiger charge is 2.03. The van der Waals surface area contributed by atoms with E-state index in [9.17, 15) is 0 Å². The van der Waals surface area contributed by atoms with E-state index in [1.165, 1.54) is 10.5 Å². The third-order valence-corrected chi connectivity index (χ3v) is 3.94. The molecule has 0 saturated carbocycles. The van der Waals surface area contributed by atoms with Crippen LogP contribution in [0.1, 0.15) is 25.0 Å². The van der Waals surface area contributed by atoms with E-state index < -0.39 is 0 Å². The Morgan fingerprint density at radius 3 is 2.29 bits per heavy atom. The van der Waals surface area contributed by atoms with Crippen LogP contribution in [0.25, 0.3) is 11.0 Å². The molecule has 0 radical (unpaired) electrons. The van der Waals surface area contributed by atoms with Crippen LogP contribution in [0.15, 0.2) is 60.3 Å². The van der Waals surface area contributed by atoms with Crippen LogP contribution in [0, 0.1) is 0 Å². The predicted octanol–water partition coefficient (Wildman–Crippen LogP) is 5.49. The molecule has 2 rings (SSSR count). The number of rotatable bonds is 5. The number of methoxy groups -OCH3 is 1. The largest absolute Gasteiger partial charge is 0.497 e. The van der Waals surface area contributed by atoms with E-state index in [0.29, 0.717) is 5.25 Å². The van der Waals surface area contributed by atoms with E-state index >= 15 is 0 Å². The van der Waals surface area contributed by atoms with Gasteiger partial charge in [0.05, 0.1) is 12.0 Å². The summed E-state index contributed by atoms with van der Waals surface area (Å²) in [5.74, 6) is 0.871. The number of thioether (sulfide) groups is 1. The Morgan fingerprint density at radius 1 is 1.05 bits per heavy atom. The Morgan fingerprint density at radius 2 is 1.71 bits per heavy atom. The molecule has 2 heteroatoms. The Bertz CT molecular complexity index is 620. The summed E-state index contributed by atoms with van der Waals surface area (Å²) < 4.78 is 5.17. The van der Waals surface area contributed by atoms with Crippen LogP contribution >= 0.6 is 11.8 Å². The zero-order valence-electron chi connectivity index (χ0n) is 12.7. The van der Waals surface area contributed by atoms with Gasteiger partial charge < -0.3 is 4.74 Å². The van der Waals surface area contributed by atoms with Gasteiger partial charge in [-0.25, -0.2) is 0 Å². The summed E-state index contributed by atoms with van der Waals surface area (Å²) in [4.78, 5) is 1.17. The lowest BCUT2D eigenvalue weighted by molar-refractivity contribution is 0.415. The lowest BCUT2D eigenvalue weighted by Crippen LogP contribution is -1.87. The Kier molecular flexibility index (Phi) is 5.74. The quantitative estimate of drug-likeness (QED) is 0.675. The minimum absolute atomic E-state index is 0.525. The van der Waals surface area contributed by atoms with E-state index in [-0.39, 0.29) is 0 Å². The average Bonchev–Trinajstić information content (AvgIpc) is 2.52. The first kappa shape index (κ1) is 15.5. The van der Waals surface area contributed by atoms with Crippen molar-refractivity contribution < 1.29 is 4.74 Å². The van der Waals surface area contributed by atoms with Crippen molar-refractivity contribution in [3.8, 4) is 5.75 Å². The van der Waals surface area contributed by atoms with Gasteiger partial charge in [0.1, 0.15) is 5.75 Å². The number of hydrogen-bond donors (Lipinski definition) is 0. The maximum Gasteiger partial charge on any atom is 0.118 e. The summed E-state index contributed by atoms with van der Waals surface area (Å²) in [7, 11) is 1.68. The minimum atomic E-state index is 0.525. The molecule has 0 unspecified atom stereocenters. The van der Waals surface area contributed by atoms with Gasteiger partial charge in [-0.3, -0.25) is 0 Å². The molecule has 0 N–H and O–H groups in total. The molecule has 0 aliphatic carbocycles. The lowest BCUT2D eigenvalue weighted by Gasteiger charge is -2.07. The molecule has 0 heterocycles. The predicted molar refractivity (Wildman–Crippen MR) is 93.5 cm³/mol. The van der Waals surface area contributed by atoms with Gasteiger partial charge in [0.25, 0.3) is 0 Å². The van der Waals surface area contributed by atoms with Crippen LogP contribution in [0.2, 0.25) is 0 Å². The highest BCUT2D eigenvalue weighted by molar-refractivity contribution is 8.08. The van der Waals surface area contributed by atoms with Crippen molar-refractivity contribution in [2.24, 2.45) is 0 Å². The Hall–Kier alpha value is -1.89. The van der Waals surface area contributed by atoms with E-state index in [0.717, 1.165) is 11.3 Å². The Balaban J connectivity index is 2.32. The number of hydrogen-bond acceptors (Lipinski definition) is 2. The molecule has 0 bridgehead atoms. The zero-order chi connectivity index (χ0) is 15.1. The maximum atomic E-state index is 5.17. The molecule has 21 heavy (non-hydrogen) atoms. The van der Waals surface area contributed by atoms with Crippen molar-refractivity contribution in [3.05, 3.63) is 71.5 Å². The van der Waals surface area contributed by atoms with Crippen LogP contribution in [-0.4, -0.2) is 12.4 Å². The summed E-state index contributed by atoms with van der Waals surface area (Å²) >= 11 is 1.83. The third kappa shape index (κ3) is 4.86. The molecule has 0 saturated heterocycles. The summed E-state index contributed by atoms with van der Waals surface area (Å²) in [6, 6.07) is 18.4. The highest BCUT2D eigenvalue weighted by Crippen LogP contribution is 2.30. The summed E-state index contributed by atoms with van der Waals surface area (Å²) in [6.45, 7) is 4.39. The van der Waals surface area contributed by atoms with Crippen LogP contribution in [0.4, 0.5) is 0 Å². The minimum Gasteiger partial charge on any atom is -0.497 e. The summed E-state index contributed by atoms with van der Waals surface area (Å²) in [5.41, 5.74) is 5.76. The van der Waals surface area contributed by atoms with Crippen molar-refractivity contribution in [2.75, 3.05) is 7.11 Å². The molecule has 2 aromatic carbocycles. The molecular formula is C19H20OS. The molecule has 0 aliphatic heterocycles. The Labute approximate surface area is 131 Å². The first-order chi connectivity index (χ1) is 10.2. The summed E-state index contributed by atoms with van der Waals surface area (Å²) in [6.07, 6.45) is 2.02. The van der Waals surface area contributed by atoms with Gasteiger partial charge in [-0.05, 0) is 29.3 Å². The van der Waals surface area contributed by atoms with Gasteiger partial charge in [0.15, 0.2) is 0 Å². The fraction of sp³-hybridized carbons (Fsp3) is 0.211. The molecule has 0 spiro atoms. The van der Waals surface area contributed by atoms with E-state index in [2.05, 4.69) is 43.8 Å².